The van der Waals surface area contributed by atoms with Crippen LogP contribution in [0.4, 0.5) is 5.95 Å². The number of aromatic nitrogens is 4. The summed E-state index contributed by atoms with van der Waals surface area (Å²) < 4.78 is 5.33. The molecule has 2 rings (SSSR count). The molecule has 0 fully saturated rings. The molecule has 0 aliphatic carbocycles. The maximum Gasteiger partial charge on any atom is 0.227 e. The van der Waals surface area contributed by atoms with Gasteiger partial charge in [-0.05, 0) is 18.5 Å². The zero-order valence-electron chi connectivity index (χ0n) is 8.15. The molecule has 0 saturated carbocycles. The van der Waals surface area contributed by atoms with Crippen LogP contribution in [0, 0.1) is 13.8 Å². The first-order valence-corrected chi connectivity index (χ1v) is 4.55. The topological polar surface area (TPSA) is 90.7 Å². The summed E-state index contributed by atoms with van der Waals surface area (Å²) in [4.78, 5) is 15.6. The molecule has 0 atom stereocenters. The van der Waals surface area contributed by atoms with Gasteiger partial charge in [0.1, 0.15) is 0 Å². The number of anilines is 1. The molecule has 2 aromatic rings. The Morgan fingerprint density at radius 1 is 1.13 bits per heavy atom. The molecule has 2 heterocycles. The lowest BCUT2D eigenvalue weighted by atomic mass is 10.3. The highest BCUT2D eigenvalue weighted by Crippen LogP contribution is 2.21. The van der Waals surface area contributed by atoms with E-state index in [0.717, 1.165) is 0 Å². The number of nitrogens with zero attached hydrogens (tertiary/aromatic N) is 4. The highest BCUT2D eigenvalue weighted by Gasteiger charge is 2.14. The van der Waals surface area contributed by atoms with E-state index in [2.05, 4.69) is 19.9 Å². The number of oxazole rings is 1. The smallest absolute Gasteiger partial charge is 0.227 e. The van der Waals surface area contributed by atoms with E-state index in [1.54, 1.807) is 13.8 Å². The van der Waals surface area contributed by atoms with Gasteiger partial charge in [0.05, 0.1) is 5.69 Å². The van der Waals surface area contributed by atoms with Crippen LogP contribution in [0.2, 0.25) is 5.28 Å². The zero-order chi connectivity index (χ0) is 11.0. The van der Waals surface area contributed by atoms with Gasteiger partial charge >= 0.3 is 0 Å². The van der Waals surface area contributed by atoms with E-state index < -0.39 is 0 Å². The summed E-state index contributed by atoms with van der Waals surface area (Å²) in [6, 6.07) is 0. The fourth-order valence-corrected chi connectivity index (χ4v) is 1.37. The molecule has 0 aromatic carbocycles. The molecule has 0 unspecified atom stereocenters. The Bertz CT molecular complexity index is 489. The fourth-order valence-electron chi connectivity index (χ4n) is 1.21. The van der Waals surface area contributed by atoms with Gasteiger partial charge in [-0.2, -0.15) is 15.0 Å². The van der Waals surface area contributed by atoms with Crippen LogP contribution in [0.15, 0.2) is 4.42 Å². The molecular weight excluding hydrogens is 218 g/mol. The minimum Gasteiger partial charge on any atom is -0.437 e. The minimum absolute atomic E-state index is 0.0333. The predicted octanol–water partition coefficient (Wildman–Crippen LogP) is 1.38. The number of rotatable bonds is 1. The third kappa shape index (κ3) is 1.89. The van der Waals surface area contributed by atoms with Gasteiger partial charge in [-0.15, -0.1) is 0 Å². The first-order valence-electron chi connectivity index (χ1n) is 4.17. The van der Waals surface area contributed by atoms with Crippen molar-refractivity contribution in [3.8, 4) is 11.6 Å². The van der Waals surface area contributed by atoms with Gasteiger partial charge in [0.2, 0.25) is 17.1 Å². The third-order valence-corrected chi connectivity index (χ3v) is 1.90. The van der Waals surface area contributed by atoms with Gasteiger partial charge in [-0.3, -0.25) is 0 Å². The number of nitrogen functional groups attached to an aromatic ring is 1. The first-order chi connectivity index (χ1) is 7.06. The van der Waals surface area contributed by atoms with Crippen molar-refractivity contribution in [3.63, 3.8) is 0 Å². The Morgan fingerprint density at radius 3 is 2.40 bits per heavy atom. The minimum atomic E-state index is 0.0333. The molecule has 0 saturated heterocycles. The quantitative estimate of drug-likeness (QED) is 0.788. The van der Waals surface area contributed by atoms with Crippen LogP contribution in [-0.4, -0.2) is 19.9 Å². The summed E-state index contributed by atoms with van der Waals surface area (Å²) in [5.41, 5.74) is 6.13. The highest BCUT2D eigenvalue weighted by molar-refractivity contribution is 6.28. The summed E-state index contributed by atoms with van der Waals surface area (Å²) >= 11 is 5.65. The molecule has 6 nitrogen and oxygen atoms in total. The zero-order valence-corrected chi connectivity index (χ0v) is 8.91. The number of halogens is 1. The van der Waals surface area contributed by atoms with Gasteiger partial charge < -0.3 is 10.2 Å². The average Bonchev–Trinajstić information content (AvgIpc) is 2.43. The molecule has 0 amide bonds. The van der Waals surface area contributed by atoms with Crippen molar-refractivity contribution in [2.24, 2.45) is 0 Å². The van der Waals surface area contributed by atoms with Crippen molar-refractivity contribution in [1.29, 1.82) is 0 Å². The van der Waals surface area contributed by atoms with E-state index in [1.807, 2.05) is 0 Å². The number of hydrogen-bond acceptors (Lipinski definition) is 6. The first kappa shape index (κ1) is 9.85. The molecule has 0 aliphatic rings. The van der Waals surface area contributed by atoms with Gasteiger partial charge in [-0.1, -0.05) is 0 Å². The van der Waals surface area contributed by atoms with Crippen LogP contribution in [0.5, 0.6) is 0 Å². The van der Waals surface area contributed by atoms with Crippen LogP contribution < -0.4 is 5.73 Å². The van der Waals surface area contributed by atoms with E-state index in [9.17, 15) is 0 Å². The lowest BCUT2D eigenvalue weighted by molar-refractivity contribution is 0.530. The summed E-state index contributed by atoms with van der Waals surface area (Å²) in [6.07, 6.45) is 0. The number of hydrogen-bond donors (Lipinski definition) is 1. The Labute approximate surface area is 90.5 Å². The molecule has 2 N–H and O–H groups in total. The van der Waals surface area contributed by atoms with Crippen molar-refractivity contribution in [2.45, 2.75) is 13.8 Å². The Kier molecular flexibility index (Phi) is 2.28. The van der Waals surface area contributed by atoms with E-state index in [-0.39, 0.29) is 11.2 Å². The summed E-state index contributed by atoms with van der Waals surface area (Å²) in [6.45, 7) is 3.53. The summed E-state index contributed by atoms with van der Waals surface area (Å²) in [7, 11) is 0. The SMILES string of the molecule is Cc1nc(C)c(-c2nc(N)nc(Cl)n2)o1. The second-order valence-corrected chi connectivity index (χ2v) is 3.27. The monoisotopic (exact) mass is 225 g/mol. The maximum atomic E-state index is 5.65. The second kappa shape index (κ2) is 3.47. The largest absolute Gasteiger partial charge is 0.437 e. The normalized spacial score (nSPS) is 10.6. The van der Waals surface area contributed by atoms with Gasteiger partial charge in [0.15, 0.2) is 11.7 Å². The molecule has 0 bridgehead atoms. The van der Waals surface area contributed by atoms with Gasteiger partial charge in [0, 0.05) is 6.92 Å². The molecule has 78 valence electrons. The van der Waals surface area contributed by atoms with Crippen molar-refractivity contribution < 1.29 is 4.42 Å². The van der Waals surface area contributed by atoms with Crippen LogP contribution in [0.25, 0.3) is 11.6 Å². The standard InChI is InChI=1S/C8H8ClN5O/c1-3-5(15-4(2)11-3)6-12-7(9)14-8(10)13-6/h1-2H3,(H2,10,12,13,14). The molecule has 15 heavy (non-hydrogen) atoms. The molecule has 0 spiro atoms. The maximum absolute atomic E-state index is 5.65. The Balaban J connectivity index is 2.58. The van der Waals surface area contributed by atoms with Crippen molar-refractivity contribution in [2.75, 3.05) is 5.73 Å². The van der Waals surface area contributed by atoms with Crippen molar-refractivity contribution in [1.82, 2.24) is 19.9 Å². The van der Waals surface area contributed by atoms with E-state index in [4.69, 9.17) is 21.8 Å². The van der Waals surface area contributed by atoms with Gasteiger partial charge in [-0.25, -0.2) is 4.98 Å². The lowest BCUT2D eigenvalue weighted by Crippen LogP contribution is -2.00. The van der Waals surface area contributed by atoms with Crippen molar-refractivity contribution in [3.05, 3.63) is 16.9 Å². The number of nitrogens with two attached hydrogens (primary N) is 1. The van der Waals surface area contributed by atoms with E-state index in [1.165, 1.54) is 0 Å². The molecule has 0 aliphatic heterocycles. The number of aryl methyl sites for hydroxylation is 2. The van der Waals surface area contributed by atoms with Crippen LogP contribution in [0.3, 0.4) is 0 Å². The average molecular weight is 226 g/mol. The van der Waals surface area contributed by atoms with Crippen LogP contribution in [0.1, 0.15) is 11.6 Å². The van der Waals surface area contributed by atoms with E-state index in [0.29, 0.717) is 23.2 Å². The van der Waals surface area contributed by atoms with Crippen molar-refractivity contribution >= 4 is 17.5 Å². The Hall–Kier alpha value is -1.69. The summed E-state index contributed by atoms with van der Waals surface area (Å²) in [5, 5.41) is 0.0333. The second-order valence-electron chi connectivity index (χ2n) is 2.93. The molecule has 0 radical (unpaired) electrons. The third-order valence-electron chi connectivity index (χ3n) is 1.73. The van der Waals surface area contributed by atoms with Crippen LogP contribution in [-0.2, 0) is 0 Å². The highest BCUT2D eigenvalue weighted by atomic mass is 35.5. The van der Waals surface area contributed by atoms with Crippen LogP contribution >= 0.6 is 11.6 Å². The van der Waals surface area contributed by atoms with Gasteiger partial charge in [0.25, 0.3) is 0 Å². The fraction of sp³-hybridized carbons (Fsp3) is 0.250. The molecular formula is C8H8ClN5O. The molecule has 7 heteroatoms. The summed E-state index contributed by atoms with van der Waals surface area (Å²) in [5.74, 6) is 1.35. The Morgan fingerprint density at radius 2 is 1.87 bits per heavy atom. The molecule has 2 aromatic heterocycles. The van der Waals surface area contributed by atoms with E-state index >= 15 is 0 Å². The predicted molar refractivity (Wildman–Crippen MR) is 54.2 cm³/mol. The lowest BCUT2D eigenvalue weighted by Gasteiger charge is -1.97.